The minimum absolute atomic E-state index is 0.0227. The number of carbonyl (C=O) groups is 3. The van der Waals surface area contributed by atoms with Crippen molar-refractivity contribution in [2.75, 3.05) is 26.2 Å². The molecule has 180 valence electrons. The Labute approximate surface area is 187 Å². The first-order chi connectivity index (χ1) is 14.8. The first-order valence-electron chi connectivity index (χ1n) is 11.9. The van der Waals surface area contributed by atoms with Crippen LogP contribution in [0.5, 0.6) is 0 Å². The average Bonchev–Trinajstić information content (AvgIpc) is 2.68. The van der Waals surface area contributed by atoms with Crippen molar-refractivity contribution in [2.24, 2.45) is 0 Å². The fourth-order valence-corrected chi connectivity index (χ4v) is 4.12. The summed E-state index contributed by atoms with van der Waals surface area (Å²) in [5.41, 5.74) is 0. The number of carboxylic acid groups (broad SMARTS) is 3. The van der Waals surface area contributed by atoms with Crippen molar-refractivity contribution in [2.45, 2.75) is 96.8 Å². The third kappa shape index (κ3) is 18.6. The molecule has 0 aliphatic heterocycles. The van der Waals surface area contributed by atoms with Crippen LogP contribution < -0.4 is 5.11 Å². The van der Waals surface area contributed by atoms with E-state index in [4.69, 9.17) is 10.2 Å². The van der Waals surface area contributed by atoms with Gasteiger partial charge in [-0.2, -0.15) is 0 Å². The Morgan fingerprint density at radius 2 is 1.10 bits per heavy atom. The Bertz CT molecular complexity index is 482. The van der Waals surface area contributed by atoms with Gasteiger partial charge in [0, 0.05) is 25.2 Å². The van der Waals surface area contributed by atoms with Crippen molar-refractivity contribution >= 4 is 17.9 Å². The predicted octanol–water partition coefficient (Wildman–Crippen LogP) is 3.76. The minimum atomic E-state index is -1.08. The zero-order chi connectivity index (χ0) is 23.4. The first-order valence-corrected chi connectivity index (χ1v) is 11.9. The van der Waals surface area contributed by atoms with Crippen LogP contribution in [0.4, 0.5) is 0 Å². The molecule has 7 nitrogen and oxygen atoms in total. The van der Waals surface area contributed by atoms with Crippen LogP contribution in [0.15, 0.2) is 12.2 Å². The third-order valence-corrected chi connectivity index (χ3v) is 5.80. The summed E-state index contributed by atoms with van der Waals surface area (Å²) in [7, 11) is 0. The molecule has 0 radical (unpaired) electrons. The molecule has 0 heterocycles. The third-order valence-electron chi connectivity index (χ3n) is 5.80. The van der Waals surface area contributed by atoms with Crippen LogP contribution in [0.1, 0.15) is 96.8 Å². The van der Waals surface area contributed by atoms with Gasteiger partial charge in [0.25, 0.3) is 0 Å². The Balaban J connectivity index is 4.63. The van der Waals surface area contributed by atoms with Gasteiger partial charge in [0.2, 0.25) is 0 Å². The summed E-state index contributed by atoms with van der Waals surface area (Å²) in [4.78, 5) is 32.8. The molecule has 0 spiro atoms. The molecular weight excluding hydrogens is 398 g/mol. The summed E-state index contributed by atoms with van der Waals surface area (Å²) < 4.78 is 0.608. The lowest BCUT2D eigenvalue weighted by atomic mass is 10.1. The zero-order valence-electron chi connectivity index (χ0n) is 19.4. The summed E-state index contributed by atoms with van der Waals surface area (Å²) in [6.07, 6.45) is 15.2. The Morgan fingerprint density at radius 1 is 0.677 bits per heavy atom. The molecule has 0 saturated heterocycles. The van der Waals surface area contributed by atoms with Gasteiger partial charge < -0.3 is 24.6 Å². The fraction of sp³-hybridized carbons (Fsp3) is 0.792. The molecule has 0 aliphatic rings. The molecule has 0 aromatic rings. The van der Waals surface area contributed by atoms with Gasteiger partial charge in [-0.05, 0) is 39.0 Å². The predicted molar refractivity (Wildman–Crippen MR) is 119 cm³/mol. The molecule has 0 atom stereocenters. The molecule has 0 aromatic carbocycles. The molecule has 0 saturated carbocycles. The second-order valence-electron chi connectivity index (χ2n) is 8.54. The molecule has 0 aliphatic carbocycles. The molecular formula is C24H43NO6. The van der Waals surface area contributed by atoms with Crippen LogP contribution in [0.25, 0.3) is 0 Å². The van der Waals surface area contributed by atoms with Crippen molar-refractivity contribution in [3.05, 3.63) is 12.2 Å². The Hall–Kier alpha value is -1.89. The molecule has 0 fully saturated rings. The average molecular weight is 442 g/mol. The molecule has 0 unspecified atom stereocenters. The van der Waals surface area contributed by atoms with E-state index in [-0.39, 0.29) is 19.3 Å². The molecule has 0 bridgehead atoms. The summed E-state index contributed by atoms with van der Waals surface area (Å²) in [6.45, 7) is 4.79. The number of hydrogen-bond donors (Lipinski definition) is 2. The number of aliphatic carboxylic acids is 3. The van der Waals surface area contributed by atoms with Gasteiger partial charge in [-0.25, -0.2) is 0 Å². The number of rotatable bonds is 22. The zero-order valence-corrected chi connectivity index (χ0v) is 19.4. The number of quaternary nitrogens is 1. The van der Waals surface area contributed by atoms with Crippen molar-refractivity contribution in [1.29, 1.82) is 0 Å². The first kappa shape index (κ1) is 29.1. The molecule has 0 rings (SSSR count). The molecule has 2 N–H and O–H groups in total. The number of carboxylic acids is 3. The summed E-state index contributed by atoms with van der Waals surface area (Å²) >= 11 is 0. The Morgan fingerprint density at radius 3 is 1.55 bits per heavy atom. The van der Waals surface area contributed by atoms with Gasteiger partial charge in [-0.1, -0.05) is 37.8 Å². The van der Waals surface area contributed by atoms with Gasteiger partial charge in [-0.15, -0.1) is 0 Å². The summed E-state index contributed by atoms with van der Waals surface area (Å²) in [5.74, 6) is -2.76. The Kier molecular flexibility index (Phi) is 17.7. The maximum absolute atomic E-state index is 11.0. The van der Waals surface area contributed by atoms with E-state index >= 15 is 0 Å². The number of allylic oxidation sites excluding steroid dienone is 2. The highest BCUT2D eigenvalue weighted by Crippen LogP contribution is 2.18. The van der Waals surface area contributed by atoms with Crippen LogP contribution in [0.2, 0.25) is 0 Å². The second-order valence-corrected chi connectivity index (χ2v) is 8.54. The highest BCUT2D eigenvalue weighted by Gasteiger charge is 2.26. The number of hydrogen-bond acceptors (Lipinski definition) is 4. The topological polar surface area (TPSA) is 115 Å². The maximum Gasteiger partial charge on any atom is 0.303 e. The van der Waals surface area contributed by atoms with E-state index in [0.717, 1.165) is 32.2 Å². The van der Waals surface area contributed by atoms with Crippen molar-refractivity contribution in [3.8, 4) is 0 Å². The van der Waals surface area contributed by atoms with E-state index in [0.29, 0.717) is 43.4 Å². The normalized spacial score (nSPS) is 11.8. The lowest BCUT2D eigenvalue weighted by molar-refractivity contribution is -0.929. The van der Waals surface area contributed by atoms with Gasteiger partial charge in [0.05, 0.1) is 39.0 Å². The van der Waals surface area contributed by atoms with E-state index in [1.165, 1.54) is 25.7 Å². The standard InChI is InChI=1S/C24H43NO6/c1-2-3-4-5-6-7-8-9-10-11-18-25(19-12-15-22(26)27,20-13-16-23(28)29)21-14-17-24(30)31/h2-3H,4-21H2,1H3,(H2-,26,27,28,29,30,31)/b3-2+. The van der Waals surface area contributed by atoms with Crippen LogP contribution in [0, 0.1) is 0 Å². The SMILES string of the molecule is C/C=C/CCCCCCCCC[N+](CCCC(=O)[O-])(CCCC(=O)O)CCCC(=O)O. The molecule has 31 heavy (non-hydrogen) atoms. The number of carbonyl (C=O) groups excluding carboxylic acids is 1. The van der Waals surface area contributed by atoms with Crippen LogP contribution in [-0.4, -0.2) is 58.8 Å². The molecule has 7 heteroatoms. The molecule has 0 amide bonds. The summed E-state index contributed by atoms with van der Waals surface area (Å²) in [6, 6.07) is 0. The highest BCUT2D eigenvalue weighted by molar-refractivity contribution is 5.66. The maximum atomic E-state index is 11.0. The highest BCUT2D eigenvalue weighted by atomic mass is 16.4. The van der Waals surface area contributed by atoms with E-state index in [1.807, 2.05) is 6.92 Å². The van der Waals surface area contributed by atoms with E-state index in [9.17, 15) is 19.5 Å². The van der Waals surface area contributed by atoms with E-state index < -0.39 is 17.9 Å². The summed E-state index contributed by atoms with van der Waals surface area (Å²) in [5, 5.41) is 28.9. The fourth-order valence-electron chi connectivity index (χ4n) is 4.12. The van der Waals surface area contributed by atoms with Crippen molar-refractivity contribution in [1.82, 2.24) is 0 Å². The second kappa shape index (κ2) is 18.8. The number of nitrogens with zero attached hydrogens (tertiary/aromatic N) is 1. The van der Waals surface area contributed by atoms with Crippen LogP contribution >= 0.6 is 0 Å². The lowest BCUT2D eigenvalue weighted by Crippen LogP contribution is -2.51. The van der Waals surface area contributed by atoms with E-state index in [2.05, 4.69) is 12.2 Å². The minimum Gasteiger partial charge on any atom is -0.550 e. The van der Waals surface area contributed by atoms with Gasteiger partial charge in [0.15, 0.2) is 0 Å². The van der Waals surface area contributed by atoms with Crippen LogP contribution in [0.3, 0.4) is 0 Å². The lowest BCUT2D eigenvalue weighted by Gasteiger charge is -2.39. The number of unbranched alkanes of at least 4 members (excludes halogenated alkanes) is 7. The van der Waals surface area contributed by atoms with Crippen molar-refractivity contribution < 1.29 is 34.2 Å². The van der Waals surface area contributed by atoms with E-state index in [1.54, 1.807) is 0 Å². The largest absolute Gasteiger partial charge is 0.550 e. The van der Waals surface area contributed by atoms with Gasteiger partial charge >= 0.3 is 11.9 Å². The van der Waals surface area contributed by atoms with Gasteiger partial charge in [-0.3, -0.25) is 9.59 Å². The van der Waals surface area contributed by atoms with Crippen molar-refractivity contribution in [3.63, 3.8) is 0 Å². The monoisotopic (exact) mass is 441 g/mol. The van der Waals surface area contributed by atoms with Crippen LogP contribution in [-0.2, 0) is 14.4 Å². The quantitative estimate of drug-likeness (QED) is 0.150. The molecule has 0 aromatic heterocycles. The smallest absolute Gasteiger partial charge is 0.303 e. The van der Waals surface area contributed by atoms with Gasteiger partial charge in [0.1, 0.15) is 0 Å².